The first kappa shape index (κ1) is 60.6. The van der Waals surface area contributed by atoms with Crippen LogP contribution in [-0.2, 0) is 23.7 Å². The molecule has 0 aromatic heterocycles. The number of aliphatic hydroxyl groups is 8. The van der Waals surface area contributed by atoms with Crippen molar-refractivity contribution < 1.29 is 64.6 Å². The van der Waals surface area contributed by atoms with Crippen molar-refractivity contribution in [2.75, 3.05) is 19.8 Å². The Morgan fingerprint density at radius 1 is 0.552 bits per heavy atom. The van der Waals surface area contributed by atoms with Gasteiger partial charge in [-0.2, -0.15) is 0 Å². The molecule has 0 bridgehead atoms. The molecule has 2 saturated heterocycles. The number of aliphatic hydroxyl groups excluding tert-OH is 8. The van der Waals surface area contributed by atoms with Crippen molar-refractivity contribution in [3.05, 3.63) is 72.9 Å². The molecule has 2 heterocycles. The Morgan fingerprint density at radius 3 is 1.58 bits per heavy atom. The predicted octanol–water partition coefficient (Wildman–Crippen LogP) is 6.82. The maximum absolute atomic E-state index is 13.1. The molecule has 0 aromatic rings. The molecule has 1 amide bonds. The summed E-state index contributed by atoms with van der Waals surface area (Å²) < 4.78 is 22.6. The monoisotopic (exact) mass is 950 g/mol. The molecule has 0 radical (unpaired) electrons. The number of rotatable bonds is 38. The van der Waals surface area contributed by atoms with Crippen LogP contribution in [0.4, 0.5) is 0 Å². The van der Waals surface area contributed by atoms with Crippen LogP contribution in [0.1, 0.15) is 162 Å². The molecule has 2 aliphatic rings. The number of carbonyl (C=O) groups is 1. The van der Waals surface area contributed by atoms with Crippen LogP contribution in [0.3, 0.4) is 0 Å². The Morgan fingerprint density at radius 2 is 1.03 bits per heavy atom. The number of nitrogens with one attached hydrogen (secondary N) is 1. The third-order valence-electron chi connectivity index (χ3n) is 12.2. The van der Waals surface area contributed by atoms with E-state index < -0.39 is 86.8 Å². The van der Waals surface area contributed by atoms with Crippen molar-refractivity contribution in [2.45, 2.75) is 235 Å². The number of hydrogen-bond acceptors (Lipinski definition) is 13. The molecule has 0 saturated carbocycles. The van der Waals surface area contributed by atoms with Crippen molar-refractivity contribution in [1.82, 2.24) is 5.32 Å². The van der Waals surface area contributed by atoms with Gasteiger partial charge in [0.25, 0.3) is 0 Å². The van der Waals surface area contributed by atoms with Crippen LogP contribution >= 0.6 is 0 Å². The highest BCUT2D eigenvalue weighted by Crippen LogP contribution is 2.30. The number of amides is 1. The summed E-state index contributed by atoms with van der Waals surface area (Å²) in [4.78, 5) is 13.1. The molecule has 12 unspecified atom stereocenters. The summed E-state index contributed by atoms with van der Waals surface area (Å²) in [7, 11) is 0. The second kappa shape index (κ2) is 39.2. The maximum atomic E-state index is 13.1. The van der Waals surface area contributed by atoms with E-state index in [1.165, 1.54) is 25.7 Å². The van der Waals surface area contributed by atoms with Crippen LogP contribution in [-0.4, -0.2) is 140 Å². The molecule has 0 spiro atoms. The fraction of sp³-hybridized carbons (Fsp3) is 0.755. The molecule has 2 fully saturated rings. The zero-order valence-corrected chi connectivity index (χ0v) is 40.9. The summed E-state index contributed by atoms with van der Waals surface area (Å²) in [6.45, 7) is 2.63. The van der Waals surface area contributed by atoms with Crippen LogP contribution in [0, 0.1) is 0 Å². The van der Waals surface area contributed by atoms with Gasteiger partial charge in [0, 0.05) is 6.42 Å². The van der Waals surface area contributed by atoms with Crippen LogP contribution in [0.5, 0.6) is 0 Å². The standard InChI is InChI=1S/C53H91NO13/c1-3-5-7-9-11-12-13-14-15-16-17-18-19-20-21-22-23-24-25-26-27-28-29-30-31-33-35-37-45(58)54-41(42(57)36-34-32-10-8-6-4-2)40-64-52-50(63)48(61)51(44(39-56)66-52)67-53-49(62)47(60)46(59)43(38-55)65-53/h5,7,11-12,14-15,17-18,20-21,23-24,41-44,46-53,55-57,59-63H,3-4,6,8-10,13,16,19,22,25-40H2,1-2H3,(H,54,58)/b7-5-,12-11-,15-14-,18-17-,21-20-,24-23-. The van der Waals surface area contributed by atoms with Crippen molar-refractivity contribution in [3.63, 3.8) is 0 Å². The molecule has 2 aliphatic heterocycles. The summed E-state index contributed by atoms with van der Waals surface area (Å²) in [5.74, 6) is -0.226. The van der Waals surface area contributed by atoms with Gasteiger partial charge in [0.1, 0.15) is 48.8 Å². The largest absolute Gasteiger partial charge is 0.394 e. The number of ether oxygens (including phenoxy) is 4. The summed E-state index contributed by atoms with van der Waals surface area (Å²) in [6, 6.07) is -0.834. The smallest absolute Gasteiger partial charge is 0.220 e. The molecule has 0 aliphatic carbocycles. The van der Waals surface area contributed by atoms with Crippen LogP contribution < -0.4 is 5.32 Å². The third kappa shape index (κ3) is 26.3. The van der Waals surface area contributed by atoms with Crippen molar-refractivity contribution in [3.8, 4) is 0 Å². The molecule has 0 aromatic carbocycles. The van der Waals surface area contributed by atoms with Gasteiger partial charge in [-0.25, -0.2) is 0 Å². The molecule has 386 valence electrons. The number of hydrogen-bond donors (Lipinski definition) is 9. The van der Waals surface area contributed by atoms with Gasteiger partial charge < -0.3 is 65.1 Å². The molecule has 9 N–H and O–H groups in total. The van der Waals surface area contributed by atoms with E-state index in [-0.39, 0.29) is 18.9 Å². The van der Waals surface area contributed by atoms with Gasteiger partial charge in [-0.3, -0.25) is 4.79 Å². The lowest BCUT2D eigenvalue weighted by atomic mass is 9.97. The quantitative estimate of drug-likeness (QED) is 0.0229. The van der Waals surface area contributed by atoms with Gasteiger partial charge in [0.2, 0.25) is 5.91 Å². The summed E-state index contributed by atoms with van der Waals surface area (Å²) >= 11 is 0. The Kier molecular flexibility index (Phi) is 35.4. The van der Waals surface area contributed by atoms with Crippen LogP contribution in [0.15, 0.2) is 72.9 Å². The van der Waals surface area contributed by atoms with Gasteiger partial charge in [-0.15, -0.1) is 0 Å². The van der Waals surface area contributed by atoms with E-state index in [1.807, 2.05) is 0 Å². The Balaban J connectivity index is 1.68. The Bertz CT molecular complexity index is 1400. The van der Waals surface area contributed by atoms with Crippen molar-refractivity contribution in [1.29, 1.82) is 0 Å². The van der Waals surface area contributed by atoms with E-state index in [0.717, 1.165) is 103 Å². The van der Waals surface area contributed by atoms with Crippen molar-refractivity contribution >= 4 is 5.91 Å². The van der Waals surface area contributed by atoms with Gasteiger partial charge in [0.15, 0.2) is 12.6 Å². The normalized spacial score (nSPS) is 27.2. The van der Waals surface area contributed by atoms with E-state index in [1.54, 1.807) is 0 Å². The predicted molar refractivity (Wildman–Crippen MR) is 263 cm³/mol. The highest BCUT2D eigenvalue weighted by molar-refractivity contribution is 5.76. The van der Waals surface area contributed by atoms with Crippen LogP contribution in [0.25, 0.3) is 0 Å². The molecule has 14 heteroatoms. The number of allylic oxidation sites excluding steroid dienone is 12. The maximum Gasteiger partial charge on any atom is 0.220 e. The third-order valence-corrected chi connectivity index (χ3v) is 12.2. The Labute approximate surface area is 402 Å². The average Bonchev–Trinajstić information content (AvgIpc) is 3.32. The lowest BCUT2D eigenvalue weighted by Gasteiger charge is -2.46. The molecule has 2 rings (SSSR count). The SMILES string of the molecule is CC/C=C\C/C=C\C/C=C\C/C=C\C/C=C\C/C=C\CCCCCCCCCCC(=O)NC(COC1OC(CO)C(OC2OC(CO)C(O)C(O)C2O)C(O)C1O)C(O)CCCCCCCC. The fourth-order valence-corrected chi connectivity index (χ4v) is 8.00. The Hall–Kier alpha value is -2.57. The summed E-state index contributed by atoms with van der Waals surface area (Å²) in [5.41, 5.74) is 0. The van der Waals surface area contributed by atoms with E-state index in [9.17, 15) is 45.6 Å². The van der Waals surface area contributed by atoms with Gasteiger partial charge >= 0.3 is 0 Å². The van der Waals surface area contributed by atoms with E-state index in [4.69, 9.17) is 18.9 Å². The minimum Gasteiger partial charge on any atom is -0.394 e. The summed E-state index contributed by atoms with van der Waals surface area (Å²) in [5, 5.41) is 86.5. The first-order chi connectivity index (χ1) is 32.6. The zero-order valence-electron chi connectivity index (χ0n) is 40.9. The van der Waals surface area contributed by atoms with E-state index >= 15 is 0 Å². The fourth-order valence-electron chi connectivity index (χ4n) is 8.00. The number of carbonyl (C=O) groups excluding carboxylic acids is 1. The van der Waals surface area contributed by atoms with Gasteiger partial charge in [-0.1, -0.05) is 164 Å². The first-order valence-electron chi connectivity index (χ1n) is 25.7. The second-order valence-corrected chi connectivity index (χ2v) is 17.9. The topological polar surface area (TPSA) is 228 Å². The van der Waals surface area contributed by atoms with Gasteiger partial charge in [-0.05, 0) is 64.2 Å². The second-order valence-electron chi connectivity index (χ2n) is 17.9. The lowest BCUT2D eigenvalue weighted by Crippen LogP contribution is -2.65. The lowest BCUT2D eigenvalue weighted by molar-refractivity contribution is -0.359. The van der Waals surface area contributed by atoms with Crippen LogP contribution in [0.2, 0.25) is 0 Å². The van der Waals surface area contributed by atoms with E-state index in [2.05, 4.69) is 92.1 Å². The first-order valence-corrected chi connectivity index (χ1v) is 25.7. The zero-order chi connectivity index (χ0) is 48.9. The molecular weight excluding hydrogens is 859 g/mol. The molecule has 14 nitrogen and oxygen atoms in total. The van der Waals surface area contributed by atoms with Gasteiger partial charge in [0.05, 0.1) is 32.0 Å². The highest BCUT2D eigenvalue weighted by Gasteiger charge is 2.51. The van der Waals surface area contributed by atoms with E-state index in [0.29, 0.717) is 12.8 Å². The summed E-state index contributed by atoms with van der Waals surface area (Å²) in [6.07, 6.45) is 32.4. The average molecular weight is 950 g/mol. The molecule has 67 heavy (non-hydrogen) atoms. The number of unbranched alkanes of at least 4 members (excludes halogenated alkanes) is 13. The highest BCUT2D eigenvalue weighted by atomic mass is 16.7. The minimum absolute atomic E-state index is 0.226. The molecular formula is C53H91NO13. The molecule has 12 atom stereocenters. The minimum atomic E-state index is -1.78. The van der Waals surface area contributed by atoms with Crippen molar-refractivity contribution in [2.24, 2.45) is 0 Å².